The molecule has 0 spiro atoms. The van der Waals surface area contributed by atoms with Crippen molar-refractivity contribution in [1.29, 1.82) is 0 Å². The molecule has 0 aliphatic rings. The van der Waals surface area contributed by atoms with Crippen LogP contribution in [0.1, 0.15) is 13.8 Å². The zero-order valence-corrected chi connectivity index (χ0v) is 12.7. The average molecular weight is 291 g/mol. The number of hydrogen-bond donors (Lipinski definition) is 1. The first-order valence-electron chi connectivity index (χ1n) is 6.94. The summed E-state index contributed by atoms with van der Waals surface area (Å²) < 4.78 is 19.5. The number of nitrogens with two attached hydrogens (primary N) is 1. The van der Waals surface area contributed by atoms with Gasteiger partial charge in [-0.25, -0.2) is 4.39 Å². The normalized spacial score (nSPS) is 10.8. The van der Waals surface area contributed by atoms with Crippen LogP contribution in [0.2, 0.25) is 0 Å². The van der Waals surface area contributed by atoms with Crippen molar-refractivity contribution < 1.29 is 9.13 Å². The van der Waals surface area contributed by atoms with Crippen LogP contribution < -0.4 is 10.5 Å². The maximum Gasteiger partial charge on any atom is 0.119 e. The Morgan fingerprint density at radius 3 is 2.43 bits per heavy atom. The highest BCUT2D eigenvalue weighted by Crippen LogP contribution is 2.20. The third kappa shape index (κ3) is 5.04. The molecule has 0 saturated heterocycles. The third-order valence-electron chi connectivity index (χ3n) is 2.70. The zero-order chi connectivity index (χ0) is 15.7. The summed E-state index contributed by atoms with van der Waals surface area (Å²) in [4.78, 5) is 0. The van der Waals surface area contributed by atoms with Crippen LogP contribution in [0.3, 0.4) is 0 Å². The molecule has 0 unspecified atom stereocenters. The molecule has 4 nitrogen and oxygen atoms in total. The van der Waals surface area contributed by atoms with Gasteiger partial charge in [0.1, 0.15) is 12.4 Å². The van der Waals surface area contributed by atoms with Gasteiger partial charge < -0.3 is 10.5 Å². The van der Waals surface area contributed by atoms with Crippen LogP contribution in [0.5, 0.6) is 5.75 Å². The quantitative estimate of drug-likeness (QED) is 0.919. The second kappa shape index (κ2) is 8.92. The van der Waals surface area contributed by atoms with Gasteiger partial charge in [0, 0.05) is 30.9 Å². The largest absolute Gasteiger partial charge is 0.489 e. The predicted octanol–water partition coefficient (Wildman–Crippen LogP) is 3.30. The van der Waals surface area contributed by atoms with Gasteiger partial charge in [-0.1, -0.05) is 13.8 Å². The first-order valence-corrected chi connectivity index (χ1v) is 6.94. The first kappa shape index (κ1) is 16.9. The van der Waals surface area contributed by atoms with Gasteiger partial charge in [0.05, 0.1) is 12.0 Å². The molecule has 0 aliphatic carbocycles. The van der Waals surface area contributed by atoms with E-state index in [1.54, 1.807) is 4.68 Å². The van der Waals surface area contributed by atoms with Crippen LogP contribution in [-0.2, 0) is 7.05 Å². The van der Waals surface area contributed by atoms with Gasteiger partial charge in [-0.15, -0.1) is 0 Å². The van der Waals surface area contributed by atoms with Gasteiger partial charge in [-0.3, -0.25) is 4.68 Å². The first-order chi connectivity index (χ1) is 10.2. The fourth-order valence-corrected chi connectivity index (χ4v) is 1.60. The summed E-state index contributed by atoms with van der Waals surface area (Å²) in [5, 5.41) is 4.31. The second-order valence-electron chi connectivity index (χ2n) is 4.16. The van der Waals surface area contributed by atoms with E-state index in [0.717, 1.165) is 11.3 Å². The number of aromatic nitrogens is 2. The van der Waals surface area contributed by atoms with Gasteiger partial charge in [0.15, 0.2) is 0 Å². The molecular formula is C16H22FN3O. The fourth-order valence-electron chi connectivity index (χ4n) is 1.60. The smallest absolute Gasteiger partial charge is 0.119 e. The van der Waals surface area contributed by atoms with Crippen molar-refractivity contribution in [2.45, 2.75) is 13.8 Å². The van der Waals surface area contributed by atoms with Gasteiger partial charge in [-0.05, 0) is 30.3 Å². The molecular weight excluding hydrogens is 269 g/mol. The maximum absolute atomic E-state index is 12.3. The van der Waals surface area contributed by atoms with Gasteiger partial charge in [0.25, 0.3) is 0 Å². The number of benzene rings is 1. The predicted molar refractivity (Wildman–Crippen MR) is 83.7 cm³/mol. The molecule has 1 heterocycles. The van der Waals surface area contributed by atoms with Crippen LogP contribution >= 0.6 is 0 Å². The second-order valence-corrected chi connectivity index (χ2v) is 4.16. The Balaban J connectivity index is 0.00000106. The molecule has 1 aromatic carbocycles. The molecule has 21 heavy (non-hydrogen) atoms. The monoisotopic (exact) mass is 291 g/mol. The number of ether oxygens (including phenoxy) is 1. The van der Waals surface area contributed by atoms with Crippen molar-refractivity contribution in [1.82, 2.24) is 9.78 Å². The summed E-state index contributed by atoms with van der Waals surface area (Å²) in [6, 6.07) is 9.43. The van der Waals surface area contributed by atoms with E-state index in [4.69, 9.17) is 10.5 Å². The molecule has 0 fully saturated rings. The Bertz CT molecular complexity index is 561. The molecule has 114 valence electrons. The number of aryl methyl sites for hydroxylation is 1. The molecule has 0 bridgehead atoms. The van der Waals surface area contributed by atoms with Gasteiger partial charge in [-0.2, -0.15) is 5.10 Å². The Kier molecular flexibility index (Phi) is 7.18. The van der Waals surface area contributed by atoms with Crippen molar-refractivity contribution in [3.63, 3.8) is 0 Å². The molecule has 1 aromatic heterocycles. The summed E-state index contributed by atoms with van der Waals surface area (Å²) in [5.41, 5.74) is 7.69. The van der Waals surface area contributed by atoms with Crippen molar-refractivity contribution in [3.8, 4) is 17.0 Å². The minimum Gasteiger partial charge on any atom is -0.489 e. The van der Waals surface area contributed by atoms with E-state index in [-0.39, 0.29) is 13.2 Å². The lowest BCUT2D eigenvalue weighted by atomic mass is 10.1. The molecule has 2 N–H and O–H groups in total. The molecule has 0 radical (unpaired) electrons. The molecule has 0 amide bonds. The van der Waals surface area contributed by atoms with Crippen molar-refractivity contribution in [2.24, 2.45) is 12.8 Å². The molecule has 0 atom stereocenters. The van der Waals surface area contributed by atoms with Crippen LogP contribution in [0.15, 0.2) is 48.4 Å². The zero-order valence-electron chi connectivity index (χ0n) is 12.7. The highest BCUT2D eigenvalue weighted by atomic mass is 19.1. The molecule has 0 aliphatic heterocycles. The Hall–Kier alpha value is -2.14. The highest BCUT2D eigenvalue weighted by molar-refractivity contribution is 5.59. The van der Waals surface area contributed by atoms with Crippen molar-refractivity contribution in [2.75, 3.05) is 13.2 Å². The Morgan fingerprint density at radius 1 is 1.29 bits per heavy atom. The molecule has 0 saturated carbocycles. The summed E-state index contributed by atoms with van der Waals surface area (Å²) >= 11 is 0. The van der Waals surface area contributed by atoms with Gasteiger partial charge >= 0.3 is 0 Å². The lowest BCUT2D eigenvalue weighted by Gasteiger charge is -2.07. The third-order valence-corrected chi connectivity index (χ3v) is 2.70. The van der Waals surface area contributed by atoms with E-state index in [1.807, 2.05) is 57.4 Å². The van der Waals surface area contributed by atoms with E-state index in [0.29, 0.717) is 17.7 Å². The highest BCUT2D eigenvalue weighted by Gasteiger charge is 2.02. The summed E-state index contributed by atoms with van der Waals surface area (Å²) in [6.07, 6.45) is 2.38. The number of rotatable bonds is 5. The number of halogens is 1. The van der Waals surface area contributed by atoms with Crippen LogP contribution in [-0.4, -0.2) is 22.9 Å². The molecule has 2 aromatic rings. The van der Waals surface area contributed by atoms with Crippen LogP contribution in [0.4, 0.5) is 4.39 Å². The van der Waals surface area contributed by atoms with E-state index in [1.165, 1.54) is 0 Å². The van der Waals surface area contributed by atoms with E-state index in [9.17, 15) is 4.39 Å². The fraction of sp³-hybridized carbons (Fsp3) is 0.312. The molecule has 5 heteroatoms. The Labute approximate surface area is 125 Å². The lowest BCUT2D eigenvalue weighted by Crippen LogP contribution is -2.10. The van der Waals surface area contributed by atoms with E-state index >= 15 is 0 Å². The topological polar surface area (TPSA) is 53.1 Å². The average Bonchev–Trinajstić information content (AvgIpc) is 2.97. The van der Waals surface area contributed by atoms with Crippen molar-refractivity contribution in [3.05, 3.63) is 48.4 Å². The summed E-state index contributed by atoms with van der Waals surface area (Å²) in [7, 11) is 1.87. The van der Waals surface area contributed by atoms with Gasteiger partial charge in [0.2, 0.25) is 0 Å². The summed E-state index contributed by atoms with van der Waals surface area (Å²) in [5.74, 6) is 0.674. The SMILES string of the molecule is CC.Cn1ccc(-c2ccc(OC/C(=C/F)CN)cc2)n1. The number of hydrogen-bond acceptors (Lipinski definition) is 3. The maximum atomic E-state index is 12.3. The van der Waals surface area contributed by atoms with E-state index in [2.05, 4.69) is 5.10 Å². The Morgan fingerprint density at radius 2 is 1.95 bits per heavy atom. The minimum atomic E-state index is 0.155. The van der Waals surface area contributed by atoms with E-state index < -0.39 is 0 Å². The van der Waals surface area contributed by atoms with Crippen molar-refractivity contribution >= 4 is 0 Å². The van der Waals surface area contributed by atoms with Crippen LogP contribution in [0, 0.1) is 0 Å². The summed E-state index contributed by atoms with van der Waals surface area (Å²) in [6.45, 7) is 4.32. The molecule has 2 rings (SSSR count). The minimum absolute atomic E-state index is 0.155. The lowest BCUT2D eigenvalue weighted by molar-refractivity contribution is 0.347. The van der Waals surface area contributed by atoms with Crippen LogP contribution in [0.25, 0.3) is 11.3 Å². The number of nitrogens with zero attached hydrogens (tertiary/aromatic N) is 2. The standard InChI is InChI=1S/C14H16FN3O.C2H6/c1-18-7-6-14(17-18)12-2-4-13(5-3-12)19-10-11(8-15)9-16;1-2/h2-8H,9-10,16H2,1H3;1-2H3/b11-8+;.